The molecule has 10 heteroatoms. The maximum Gasteiger partial charge on any atom is 0.261 e. The molecule has 3 aromatic rings. The quantitative estimate of drug-likeness (QED) is 0.501. The van der Waals surface area contributed by atoms with Crippen LogP contribution in [0.1, 0.15) is 24.1 Å². The molecule has 1 amide bonds. The molecule has 1 aromatic carbocycles. The van der Waals surface area contributed by atoms with Gasteiger partial charge in [-0.2, -0.15) is 5.10 Å². The van der Waals surface area contributed by atoms with Crippen molar-refractivity contribution in [2.24, 2.45) is 0 Å². The van der Waals surface area contributed by atoms with Gasteiger partial charge in [-0.25, -0.2) is 16.5 Å². The Bertz CT molecular complexity index is 1210. The Morgan fingerprint density at radius 3 is 2.58 bits per heavy atom. The van der Waals surface area contributed by atoms with Crippen LogP contribution in [0.3, 0.4) is 0 Å². The number of aromatic nitrogens is 4. The molecule has 0 radical (unpaired) electrons. The van der Waals surface area contributed by atoms with Crippen molar-refractivity contribution >= 4 is 29.1 Å². The summed E-state index contributed by atoms with van der Waals surface area (Å²) in [5.74, 6) is 0.875. The van der Waals surface area contributed by atoms with E-state index >= 15 is 0 Å². The molecule has 2 aromatic heterocycles. The van der Waals surface area contributed by atoms with Crippen molar-refractivity contribution in [2.45, 2.75) is 31.8 Å². The van der Waals surface area contributed by atoms with Gasteiger partial charge < -0.3 is 14.5 Å². The third kappa shape index (κ3) is 4.39. The zero-order valence-electron chi connectivity index (χ0n) is 18.3. The molecule has 1 aliphatic heterocycles. The van der Waals surface area contributed by atoms with Crippen LogP contribution >= 0.6 is 23.2 Å². The molecule has 1 fully saturated rings. The Kier molecular flexibility index (Phi) is 6.54. The van der Waals surface area contributed by atoms with Gasteiger partial charge in [-0.05, 0) is 31.2 Å². The van der Waals surface area contributed by atoms with Crippen LogP contribution in [0.5, 0.6) is 5.75 Å². The minimum Gasteiger partial charge on any atom is -0.495 e. The van der Waals surface area contributed by atoms with E-state index in [2.05, 4.69) is 19.9 Å². The van der Waals surface area contributed by atoms with Gasteiger partial charge in [0.05, 0.1) is 22.8 Å². The van der Waals surface area contributed by atoms with Crippen LogP contribution in [0.2, 0.25) is 10.0 Å². The molecule has 0 aliphatic carbocycles. The number of piperidine rings is 1. The molecule has 4 rings (SSSR count). The van der Waals surface area contributed by atoms with E-state index in [9.17, 15) is 4.79 Å². The molecule has 33 heavy (non-hydrogen) atoms. The molecule has 3 heterocycles. The van der Waals surface area contributed by atoms with Crippen molar-refractivity contribution in [1.82, 2.24) is 24.6 Å². The normalized spacial score (nSPS) is 15.2. The summed E-state index contributed by atoms with van der Waals surface area (Å²) < 4.78 is 6.90. The topological polar surface area (TPSA) is 77.5 Å². The second-order valence-corrected chi connectivity index (χ2v) is 8.64. The average Bonchev–Trinajstić information content (AvgIpc) is 3.13. The number of likely N-dealkylation sites (tertiary alicyclic amines) is 1. The van der Waals surface area contributed by atoms with Gasteiger partial charge in [0.1, 0.15) is 18.0 Å². The number of amides is 1. The zero-order valence-corrected chi connectivity index (χ0v) is 19.8. The number of halogens is 2. The third-order valence-corrected chi connectivity index (χ3v) is 6.81. The smallest absolute Gasteiger partial charge is 0.261 e. The molecule has 1 saturated heterocycles. The molecular weight excluding hydrogens is 463 g/mol. The number of methoxy groups -OCH3 is 1. The van der Waals surface area contributed by atoms with Crippen molar-refractivity contribution in [3.05, 3.63) is 69.4 Å². The first kappa shape index (κ1) is 23.0. The van der Waals surface area contributed by atoms with E-state index in [-0.39, 0.29) is 12.5 Å². The van der Waals surface area contributed by atoms with Crippen molar-refractivity contribution in [3.8, 4) is 17.3 Å². The number of hydrogen-bond acceptors (Lipinski definition) is 5. The van der Waals surface area contributed by atoms with Crippen molar-refractivity contribution in [3.63, 3.8) is 0 Å². The lowest BCUT2D eigenvalue weighted by molar-refractivity contribution is -0.133. The molecule has 0 saturated carbocycles. The molecule has 0 bridgehead atoms. The molecule has 8 nitrogen and oxygen atoms in total. The lowest BCUT2D eigenvalue weighted by Crippen LogP contribution is -2.45. The first-order valence-electron chi connectivity index (χ1n) is 10.4. The molecule has 0 spiro atoms. The van der Waals surface area contributed by atoms with E-state index in [0.717, 1.165) is 5.56 Å². The molecule has 0 N–H and O–H groups in total. The highest BCUT2D eigenvalue weighted by Gasteiger charge is 2.43. The van der Waals surface area contributed by atoms with Gasteiger partial charge in [0, 0.05) is 43.9 Å². The van der Waals surface area contributed by atoms with E-state index in [0.29, 0.717) is 58.9 Å². The number of nitrogens with zero attached hydrogens (tertiary/aromatic N) is 6. The van der Waals surface area contributed by atoms with Gasteiger partial charge in [-0.1, -0.05) is 23.2 Å². The van der Waals surface area contributed by atoms with E-state index < -0.39 is 5.54 Å². The Balaban J connectivity index is 1.47. The maximum atomic E-state index is 13.0. The Morgan fingerprint density at radius 2 is 1.94 bits per heavy atom. The average molecular weight is 485 g/mol. The lowest BCUT2D eigenvalue weighted by atomic mass is 9.81. The largest absolute Gasteiger partial charge is 0.495 e. The molecule has 0 unspecified atom stereocenters. The summed E-state index contributed by atoms with van der Waals surface area (Å²) in [4.78, 5) is 27.1. The fourth-order valence-electron chi connectivity index (χ4n) is 4.01. The van der Waals surface area contributed by atoms with Crippen LogP contribution in [0, 0.1) is 13.5 Å². The number of benzene rings is 1. The third-order valence-electron chi connectivity index (χ3n) is 6.04. The van der Waals surface area contributed by atoms with Gasteiger partial charge in [0.2, 0.25) is 5.91 Å². The summed E-state index contributed by atoms with van der Waals surface area (Å²) in [5, 5.41) is 5.40. The number of rotatable bonds is 5. The SMILES string of the molecule is [C-]#[N+]C1(c2ccc(Cl)c(OC)c2)CCN(C(=O)Cn2nc(-c3ncccn3)c(Cl)c2C)CC1. The summed E-state index contributed by atoms with van der Waals surface area (Å²) in [7, 11) is 1.55. The highest BCUT2D eigenvalue weighted by atomic mass is 35.5. The van der Waals surface area contributed by atoms with E-state index in [1.807, 2.05) is 19.1 Å². The number of ether oxygens (including phenoxy) is 1. The summed E-state index contributed by atoms with van der Waals surface area (Å²) in [6.07, 6.45) is 4.28. The van der Waals surface area contributed by atoms with Crippen LogP contribution in [-0.4, -0.2) is 50.8 Å². The van der Waals surface area contributed by atoms with Gasteiger partial charge in [0.15, 0.2) is 5.82 Å². The number of hydrogen-bond donors (Lipinski definition) is 0. The fraction of sp³-hybridized carbons (Fsp3) is 0.348. The van der Waals surface area contributed by atoms with Gasteiger partial charge in [-0.15, -0.1) is 0 Å². The van der Waals surface area contributed by atoms with Crippen molar-refractivity contribution in [2.75, 3.05) is 20.2 Å². The van der Waals surface area contributed by atoms with E-state index in [1.165, 1.54) is 0 Å². The van der Waals surface area contributed by atoms with Crippen LogP contribution in [0.15, 0.2) is 36.7 Å². The number of carbonyl (C=O) groups excluding carboxylic acids is 1. The predicted molar refractivity (Wildman–Crippen MR) is 125 cm³/mol. The molecular formula is C23H22Cl2N6O2. The Morgan fingerprint density at radius 1 is 1.24 bits per heavy atom. The van der Waals surface area contributed by atoms with Crippen LogP contribution in [-0.2, 0) is 16.9 Å². The first-order valence-corrected chi connectivity index (χ1v) is 11.1. The van der Waals surface area contributed by atoms with Crippen molar-refractivity contribution in [1.29, 1.82) is 0 Å². The summed E-state index contributed by atoms with van der Waals surface area (Å²) in [5.41, 5.74) is 1.27. The van der Waals surface area contributed by atoms with Crippen LogP contribution in [0.25, 0.3) is 16.4 Å². The Hall–Kier alpha value is -3.15. The maximum absolute atomic E-state index is 13.0. The molecule has 1 aliphatic rings. The summed E-state index contributed by atoms with van der Waals surface area (Å²) in [6, 6.07) is 7.14. The van der Waals surface area contributed by atoms with Crippen LogP contribution in [0.4, 0.5) is 0 Å². The zero-order chi connectivity index (χ0) is 23.6. The van der Waals surface area contributed by atoms with Gasteiger partial charge in [0.25, 0.3) is 5.54 Å². The molecule has 170 valence electrons. The Labute approximate surface area is 201 Å². The van der Waals surface area contributed by atoms with E-state index in [1.54, 1.807) is 41.2 Å². The van der Waals surface area contributed by atoms with E-state index in [4.69, 9.17) is 34.5 Å². The minimum absolute atomic E-state index is 0.0537. The minimum atomic E-state index is -0.711. The fourth-order valence-corrected chi connectivity index (χ4v) is 4.43. The van der Waals surface area contributed by atoms with Crippen molar-refractivity contribution < 1.29 is 9.53 Å². The van der Waals surface area contributed by atoms with Gasteiger partial charge >= 0.3 is 0 Å². The highest BCUT2D eigenvalue weighted by Crippen LogP contribution is 2.40. The predicted octanol–water partition coefficient (Wildman–Crippen LogP) is 4.40. The highest BCUT2D eigenvalue weighted by molar-refractivity contribution is 6.33. The van der Waals surface area contributed by atoms with Crippen LogP contribution < -0.4 is 4.74 Å². The monoisotopic (exact) mass is 484 g/mol. The number of carbonyl (C=O) groups is 1. The molecule has 0 atom stereocenters. The first-order chi connectivity index (χ1) is 15.9. The summed E-state index contributed by atoms with van der Waals surface area (Å²) in [6.45, 7) is 10.7. The summed E-state index contributed by atoms with van der Waals surface area (Å²) >= 11 is 12.6. The standard InChI is InChI=1S/C23H22Cl2N6O2/c1-15-20(25)21(22-27-9-4-10-28-22)29-31(15)14-19(32)30-11-7-23(26-2,8-12-30)16-5-6-17(24)18(13-16)33-3/h4-6,9-10,13H,7-8,11-12,14H2,1,3H3. The second kappa shape index (κ2) is 9.38. The van der Waals surface area contributed by atoms with Gasteiger partial charge in [-0.3, -0.25) is 9.48 Å². The second-order valence-electron chi connectivity index (χ2n) is 7.85. The lowest BCUT2D eigenvalue weighted by Gasteiger charge is -2.34.